The van der Waals surface area contributed by atoms with Gasteiger partial charge in [0.2, 0.25) is 0 Å². The van der Waals surface area contributed by atoms with E-state index in [1.165, 1.54) is 38.5 Å². The first-order valence-corrected chi connectivity index (χ1v) is 3.45. The molecule has 0 spiro atoms. The Labute approximate surface area is 63.1 Å². The molecule has 1 aliphatic rings. The van der Waals surface area contributed by atoms with Crippen LogP contribution in [0.4, 0.5) is 0 Å². The molecule has 0 aromatic rings. The van der Waals surface area contributed by atoms with Gasteiger partial charge in [0.05, 0.1) is 0 Å². The molecular weight excluding hydrogens is 124 g/mol. The second kappa shape index (κ2) is 15.7. The SMILES string of the molecule is C1CCCCC1.[C-]#N.[C-]#N. The predicted molar refractivity (Wildman–Crippen MR) is 37.6 cm³/mol. The molecule has 0 heterocycles. The highest BCUT2D eigenvalue weighted by molar-refractivity contribution is 4.51. The zero-order chi connectivity index (χ0) is 8.24. The molecule has 1 aliphatic carbocycles. The Kier molecular flexibility index (Phi) is 18.4. The average molecular weight is 136 g/mol. The predicted octanol–water partition coefficient (Wildman–Crippen LogP) is 2.53. The minimum absolute atomic E-state index is 1.50. The smallest absolute Gasteiger partial charge is 0.0533 e. The van der Waals surface area contributed by atoms with Crippen molar-refractivity contribution in [3.8, 4) is 0 Å². The molecule has 0 amide bonds. The van der Waals surface area contributed by atoms with Crippen LogP contribution in [0, 0.1) is 23.7 Å². The molecule has 0 N–H and O–H groups in total. The summed E-state index contributed by atoms with van der Waals surface area (Å²) in [6, 6.07) is 0. The fourth-order valence-electron chi connectivity index (χ4n) is 1.06. The highest BCUT2D eigenvalue weighted by Gasteiger charge is 1.95. The van der Waals surface area contributed by atoms with Crippen LogP contribution in [0.15, 0.2) is 0 Å². The van der Waals surface area contributed by atoms with Crippen molar-refractivity contribution >= 4 is 0 Å². The molecule has 0 atom stereocenters. The minimum atomic E-state index is 1.50. The van der Waals surface area contributed by atoms with Crippen molar-refractivity contribution in [2.75, 3.05) is 0 Å². The van der Waals surface area contributed by atoms with Gasteiger partial charge in [-0.3, -0.25) is 0 Å². The van der Waals surface area contributed by atoms with Gasteiger partial charge < -0.3 is 23.7 Å². The Morgan fingerprint density at radius 2 is 0.600 bits per heavy atom. The molecule has 0 aromatic carbocycles. The van der Waals surface area contributed by atoms with Crippen LogP contribution in [-0.2, 0) is 0 Å². The van der Waals surface area contributed by atoms with Gasteiger partial charge in [-0.25, -0.2) is 0 Å². The molecule has 10 heavy (non-hydrogen) atoms. The van der Waals surface area contributed by atoms with E-state index in [1.807, 2.05) is 0 Å². The van der Waals surface area contributed by atoms with E-state index in [0.29, 0.717) is 0 Å². The number of hydrogen-bond acceptors (Lipinski definition) is 2. The number of hydrogen-bond donors (Lipinski definition) is 0. The highest BCUT2D eigenvalue weighted by Crippen LogP contribution is 2.15. The molecule has 2 nitrogen and oxygen atoms in total. The summed E-state index contributed by atoms with van der Waals surface area (Å²) in [5.41, 5.74) is 0. The molecule has 1 saturated carbocycles. The molecule has 0 bridgehead atoms. The van der Waals surface area contributed by atoms with Gasteiger partial charge in [0, 0.05) is 0 Å². The number of rotatable bonds is 0. The molecular formula is C8H12N2-2. The largest absolute Gasteiger partial charge is 0.512 e. The molecule has 0 aromatic heterocycles. The van der Waals surface area contributed by atoms with Gasteiger partial charge in [-0.15, -0.1) is 0 Å². The third-order valence-corrected chi connectivity index (χ3v) is 1.50. The second-order valence-corrected chi connectivity index (χ2v) is 2.12. The average Bonchev–Trinajstić information content (AvgIpc) is 2.14. The normalized spacial score (nSPS) is 14.8. The van der Waals surface area contributed by atoms with Crippen molar-refractivity contribution in [1.82, 2.24) is 0 Å². The van der Waals surface area contributed by atoms with Gasteiger partial charge >= 0.3 is 0 Å². The molecule has 0 unspecified atom stereocenters. The monoisotopic (exact) mass is 136 g/mol. The highest BCUT2D eigenvalue weighted by atomic mass is 14.2. The van der Waals surface area contributed by atoms with Crippen LogP contribution < -0.4 is 0 Å². The molecule has 0 saturated heterocycles. The molecule has 0 aliphatic heterocycles. The lowest BCUT2D eigenvalue weighted by Crippen LogP contribution is -1.85. The van der Waals surface area contributed by atoms with Crippen LogP contribution in [0.5, 0.6) is 0 Å². The van der Waals surface area contributed by atoms with Crippen LogP contribution in [-0.4, -0.2) is 0 Å². The summed E-state index contributed by atoms with van der Waals surface area (Å²) in [5, 5.41) is 12.5. The third kappa shape index (κ3) is 10.1. The van der Waals surface area contributed by atoms with Gasteiger partial charge in [-0.2, -0.15) is 0 Å². The first-order chi connectivity index (χ1) is 5.00. The van der Waals surface area contributed by atoms with Gasteiger partial charge in [0.1, 0.15) is 0 Å². The topological polar surface area (TPSA) is 47.6 Å². The Bertz CT molecular complexity index is 62.2. The zero-order valence-corrected chi connectivity index (χ0v) is 6.14. The van der Waals surface area contributed by atoms with E-state index < -0.39 is 0 Å². The Balaban J connectivity index is 0. The standard InChI is InChI=1S/C6H12.2CN/c1-2-4-6-5-3-1;2*1-2/h1-6H2;;/q;2*-1. The maximum atomic E-state index is 6.25. The van der Waals surface area contributed by atoms with Crippen molar-refractivity contribution in [3.05, 3.63) is 13.1 Å². The minimum Gasteiger partial charge on any atom is -0.512 e. The lowest BCUT2D eigenvalue weighted by Gasteiger charge is -2.05. The Hall–Kier alpha value is -1.02. The van der Waals surface area contributed by atoms with Crippen LogP contribution in [0.25, 0.3) is 0 Å². The first-order valence-electron chi connectivity index (χ1n) is 3.45. The maximum Gasteiger partial charge on any atom is -0.0533 e. The van der Waals surface area contributed by atoms with Crippen molar-refractivity contribution < 1.29 is 0 Å². The molecule has 1 fully saturated rings. The molecule has 2 heteroatoms. The van der Waals surface area contributed by atoms with Gasteiger partial charge in [0.15, 0.2) is 0 Å². The van der Waals surface area contributed by atoms with E-state index in [0.717, 1.165) is 0 Å². The zero-order valence-electron chi connectivity index (χ0n) is 6.14. The van der Waals surface area contributed by atoms with E-state index in [1.54, 1.807) is 0 Å². The fourth-order valence-corrected chi connectivity index (χ4v) is 1.06. The Morgan fingerprint density at radius 1 is 0.500 bits per heavy atom. The summed E-state index contributed by atoms with van der Waals surface area (Å²) >= 11 is 0. The molecule has 0 radical (unpaired) electrons. The van der Waals surface area contributed by atoms with Crippen molar-refractivity contribution in [2.24, 2.45) is 0 Å². The third-order valence-electron chi connectivity index (χ3n) is 1.50. The Morgan fingerprint density at radius 3 is 0.700 bits per heavy atom. The summed E-state index contributed by atoms with van der Waals surface area (Å²) in [6.45, 7) is 9.50. The maximum absolute atomic E-state index is 6.25. The summed E-state index contributed by atoms with van der Waals surface area (Å²) in [6.07, 6.45) is 9.00. The lowest BCUT2D eigenvalue weighted by atomic mass is 10.0. The summed E-state index contributed by atoms with van der Waals surface area (Å²) in [5.74, 6) is 0. The van der Waals surface area contributed by atoms with Crippen LogP contribution in [0.2, 0.25) is 0 Å². The number of nitrogens with zero attached hydrogens (tertiary/aromatic N) is 2. The van der Waals surface area contributed by atoms with Gasteiger partial charge in [-0.1, -0.05) is 38.5 Å². The van der Waals surface area contributed by atoms with E-state index in [-0.39, 0.29) is 0 Å². The molecule has 1 rings (SSSR count). The van der Waals surface area contributed by atoms with Crippen molar-refractivity contribution in [3.63, 3.8) is 0 Å². The van der Waals surface area contributed by atoms with E-state index in [4.69, 9.17) is 23.7 Å². The van der Waals surface area contributed by atoms with Crippen molar-refractivity contribution in [1.29, 1.82) is 10.5 Å². The second-order valence-electron chi connectivity index (χ2n) is 2.12. The van der Waals surface area contributed by atoms with Crippen LogP contribution in [0.3, 0.4) is 0 Å². The summed E-state index contributed by atoms with van der Waals surface area (Å²) in [7, 11) is 0. The van der Waals surface area contributed by atoms with E-state index >= 15 is 0 Å². The lowest BCUT2D eigenvalue weighted by molar-refractivity contribution is 0.504. The molecule has 56 valence electrons. The quantitative estimate of drug-likeness (QED) is 0.480. The van der Waals surface area contributed by atoms with Gasteiger partial charge in [0.25, 0.3) is 0 Å². The fraction of sp³-hybridized carbons (Fsp3) is 0.750. The first kappa shape index (κ1) is 11.7. The van der Waals surface area contributed by atoms with Gasteiger partial charge in [-0.05, 0) is 0 Å². The van der Waals surface area contributed by atoms with Crippen LogP contribution in [0.1, 0.15) is 38.5 Å². The van der Waals surface area contributed by atoms with Crippen molar-refractivity contribution in [2.45, 2.75) is 38.5 Å². The van der Waals surface area contributed by atoms with E-state index in [2.05, 4.69) is 0 Å². The van der Waals surface area contributed by atoms with Crippen LogP contribution >= 0.6 is 0 Å². The summed E-state index contributed by atoms with van der Waals surface area (Å²) in [4.78, 5) is 0. The van der Waals surface area contributed by atoms with E-state index in [9.17, 15) is 0 Å². The summed E-state index contributed by atoms with van der Waals surface area (Å²) < 4.78 is 0.